The van der Waals surface area contributed by atoms with E-state index in [0.717, 1.165) is 16.0 Å². The summed E-state index contributed by atoms with van der Waals surface area (Å²) in [6, 6.07) is 6.71. The highest BCUT2D eigenvalue weighted by Crippen LogP contribution is 2.28. The fourth-order valence-corrected chi connectivity index (χ4v) is 3.92. The van der Waals surface area contributed by atoms with Gasteiger partial charge in [-0.1, -0.05) is 12.1 Å². The van der Waals surface area contributed by atoms with Crippen molar-refractivity contribution >= 4 is 28.6 Å². The Hall–Kier alpha value is -2.12. The Morgan fingerprint density at radius 2 is 2.12 bits per heavy atom. The van der Waals surface area contributed by atoms with E-state index in [1.54, 1.807) is 18.3 Å². The van der Waals surface area contributed by atoms with Gasteiger partial charge in [0.25, 0.3) is 0 Å². The molecule has 1 amide bonds. The lowest BCUT2D eigenvalue weighted by atomic mass is 10.1. The first kappa shape index (κ1) is 16.7. The van der Waals surface area contributed by atoms with Crippen molar-refractivity contribution in [2.45, 2.75) is 19.4 Å². The van der Waals surface area contributed by atoms with Gasteiger partial charge in [-0.15, -0.1) is 22.7 Å². The molecule has 3 rings (SSSR count). The van der Waals surface area contributed by atoms with Gasteiger partial charge >= 0.3 is 0 Å². The number of carbonyl (C=O) groups excluding carboxylic acids is 1. The van der Waals surface area contributed by atoms with E-state index in [2.05, 4.69) is 10.3 Å². The number of benzene rings is 1. The van der Waals surface area contributed by atoms with Gasteiger partial charge in [-0.25, -0.2) is 13.8 Å². The SMILES string of the molecule is C[C@@H](NC(=O)Cc1csc(-c2cccs2)n1)c1ccc(F)cc1F. The van der Waals surface area contributed by atoms with Crippen molar-refractivity contribution in [2.24, 2.45) is 0 Å². The number of halogens is 2. The van der Waals surface area contributed by atoms with Crippen LogP contribution in [0.15, 0.2) is 41.1 Å². The zero-order valence-corrected chi connectivity index (χ0v) is 14.4. The number of nitrogens with one attached hydrogen (secondary N) is 1. The summed E-state index contributed by atoms with van der Waals surface area (Å²) in [6.45, 7) is 1.66. The lowest BCUT2D eigenvalue weighted by Gasteiger charge is -2.14. The molecule has 1 N–H and O–H groups in total. The van der Waals surface area contributed by atoms with E-state index in [1.165, 1.54) is 23.5 Å². The molecule has 0 unspecified atom stereocenters. The van der Waals surface area contributed by atoms with Gasteiger partial charge in [0.2, 0.25) is 5.91 Å². The third-order valence-corrected chi connectivity index (χ3v) is 5.36. The summed E-state index contributed by atoms with van der Waals surface area (Å²) in [6.07, 6.45) is 0.120. The number of thiazole rings is 1. The van der Waals surface area contributed by atoms with Crippen LogP contribution in [-0.2, 0) is 11.2 Å². The lowest BCUT2D eigenvalue weighted by molar-refractivity contribution is -0.121. The average Bonchev–Trinajstić information content (AvgIpc) is 3.17. The largest absolute Gasteiger partial charge is 0.349 e. The number of hydrogen-bond donors (Lipinski definition) is 1. The lowest BCUT2D eigenvalue weighted by Crippen LogP contribution is -2.28. The number of rotatable bonds is 5. The highest BCUT2D eigenvalue weighted by Gasteiger charge is 2.16. The van der Waals surface area contributed by atoms with E-state index in [9.17, 15) is 13.6 Å². The predicted octanol–water partition coefficient (Wildman–Crippen LogP) is 4.57. The van der Waals surface area contributed by atoms with Gasteiger partial charge in [0.15, 0.2) is 0 Å². The number of thiophene rings is 1. The van der Waals surface area contributed by atoms with Gasteiger partial charge in [-0.2, -0.15) is 0 Å². The molecule has 0 spiro atoms. The van der Waals surface area contributed by atoms with Crippen molar-refractivity contribution in [2.75, 3.05) is 0 Å². The summed E-state index contributed by atoms with van der Waals surface area (Å²) < 4.78 is 26.7. The Labute approximate surface area is 146 Å². The van der Waals surface area contributed by atoms with Crippen molar-refractivity contribution in [3.63, 3.8) is 0 Å². The van der Waals surface area contributed by atoms with Crippen LogP contribution in [0.25, 0.3) is 9.88 Å². The molecule has 0 radical (unpaired) electrons. The summed E-state index contributed by atoms with van der Waals surface area (Å²) in [5.41, 5.74) is 0.926. The Morgan fingerprint density at radius 3 is 2.83 bits per heavy atom. The molecule has 1 atom stereocenters. The molecule has 7 heteroatoms. The summed E-state index contributed by atoms with van der Waals surface area (Å²) in [5, 5.41) is 7.41. The van der Waals surface area contributed by atoms with Crippen LogP contribution in [0.3, 0.4) is 0 Å². The first-order valence-corrected chi connectivity index (χ1v) is 9.01. The van der Waals surface area contributed by atoms with Crippen LogP contribution in [0.2, 0.25) is 0 Å². The molecular weight excluding hydrogens is 350 g/mol. The minimum Gasteiger partial charge on any atom is -0.349 e. The molecule has 0 aliphatic heterocycles. The molecule has 0 fully saturated rings. The van der Waals surface area contributed by atoms with Gasteiger partial charge in [-0.3, -0.25) is 4.79 Å². The molecule has 3 nitrogen and oxygen atoms in total. The van der Waals surface area contributed by atoms with Crippen LogP contribution in [0, 0.1) is 11.6 Å². The van der Waals surface area contributed by atoms with Crippen LogP contribution >= 0.6 is 22.7 Å². The molecule has 1 aromatic carbocycles. The Kier molecular flexibility index (Phi) is 5.01. The molecule has 3 aromatic rings. The number of amides is 1. The smallest absolute Gasteiger partial charge is 0.226 e. The van der Waals surface area contributed by atoms with Crippen LogP contribution in [0.5, 0.6) is 0 Å². The Balaban J connectivity index is 1.63. The summed E-state index contributed by atoms with van der Waals surface area (Å²) in [4.78, 5) is 17.6. The maximum absolute atomic E-state index is 13.7. The van der Waals surface area contributed by atoms with E-state index >= 15 is 0 Å². The second-order valence-corrected chi connectivity index (χ2v) is 7.06. The van der Waals surface area contributed by atoms with Gasteiger partial charge in [0, 0.05) is 17.0 Å². The first-order chi connectivity index (χ1) is 11.5. The van der Waals surface area contributed by atoms with E-state index in [-0.39, 0.29) is 17.9 Å². The average molecular weight is 364 g/mol. The molecule has 24 heavy (non-hydrogen) atoms. The molecule has 0 bridgehead atoms. The minimum atomic E-state index is -0.670. The maximum Gasteiger partial charge on any atom is 0.226 e. The standard InChI is InChI=1S/C17H14F2N2OS2/c1-10(13-5-4-11(18)7-14(13)19)20-16(22)8-12-9-24-17(21-12)15-3-2-6-23-15/h2-7,9-10H,8H2,1H3,(H,20,22)/t10-/m1/s1. The van der Waals surface area contributed by atoms with Gasteiger partial charge in [0.05, 0.1) is 23.0 Å². The van der Waals surface area contributed by atoms with Crippen molar-refractivity contribution in [3.05, 3.63) is 64.0 Å². The maximum atomic E-state index is 13.7. The van der Waals surface area contributed by atoms with Crippen molar-refractivity contribution in [1.82, 2.24) is 10.3 Å². The zero-order valence-electron chi connectivity index (χ0n) is 12.8. The molecule has 0 saturated carbocycles. The number of aromatic nitrogens is 1. The Morgan fingerprint density at radius 1 is 1.29 bits per heavy atom. The normalized spacial score (nSPS) is 12.1. The number of nitrogens with zero attached hydrogens (tertiary/aromatic N) is 1. The predicted molar refractivity (Wildman–Crippen MR) is 92.0 cm³/mol. The summed E-state index contributed by atoms with van der Waals surface area (Å²) >= 11 is 3.08. The van der Waals surface area contributed by atoms with E-state index in [0.29, 0.717) is 5.69 Å². The summed E-state index contributed by atoms with van der Waals surface area (Å²) in [5.74, 6) is -1.57. The quantitative estimate of drug-likeness (QED) is 0.721. The molecule has 0 saturated heterocycles. The molecular formula is C17H14F2N2OS2. The number of hydrogen-bond acceptors (Lipinski definition) is 4. The monoisotopic (exact) mass is 364 g/mol. The topological polar surface area (TPSA) is 42.0 Å². The van der Waals surface area contributed by atoms with Crippen LogP contribution in [0.1, 0.15) is 24.2 Å². The zero-order chi connectivity index (χ0) is 17.1. The van der Waals surface area contributed by atoms with E-state index in [4.69, 9.17) is 0 Å². The molecule has 2 heterocycles. The molecule has 0 aliphatic rings. The Bertz CT molecular complexity index is 846. The minimum absolute atomic E-state index is 0.120. The molecule has 124 valence electrons. The first-order valence-electron chi connectivity index (χ1n) is 7.25. The fraction of sp³-hybridized carbons (Fsp3) is 0.176. The highest BCUT2D eigenvalue weighted by molar-refractivity contribution is 7.20. The van der Waals surface area contributed by atoms with E-state index in [1.807, 2.05) is 22.9 Å². The highest BCUT2D eigenvalue weighted by atomic mass is 32.1. The van der Waals surface area contributed by atoms with Gasteiger partial charge in [-0.05, 0) is 24.4 Å². The second-order valence-electron chi connectivity index (χ2n) is 5.25. The second kappa shape index (κ2) is 7.19. The molecule has 0 aliphatic carbocycles. The van der Waals surface area contributed by atoms with Gasteiger partial charge < -0.3 is 5.32 Å². The van der Waals surface area contributed by atoms with Crippen molar-refractivity contribution in [1.29, 1.82) is 0 Å². The van der Waals surface area contributed by atoms with Crippen LogP contribution in [-0.4, -0.2) is 10.9 Å². The van der Waals surface area contributed by atoms with Crippen molar-refractivity contribution in [3.8, 4) is 9.88 Å². The fourth-order valence-electron chi connectivity index (χ4n) is 2.29. The van der Waals surface area contributed by atoms with Crippen molar-refractivity contribution < 1.29 is 13.6 Å². The third kappa shape index (κ3) is 3.85. The third-order valence-electron chi connectivity index (χ3n) is 3.43. The number of carbonyl (C=O) groups is 1. The van der Waals surface area contributed by atoms with Crippen LogP contribution in [0.4, 0.5) is 8.78 Å². The van der Waals surface area contributed by atoms with Crippen LogP contribution < -0.4 is 5.32 Å². The van der Waals surface area contributed by atoms with Gasteiger partial charge in [0.1, 0.15) is 16.6 Å². The summed E-state index contributed by atoms with van der Waals surface area (Å²) in [7, 11) is 0. The molecule has 2 aromatic heterocycles. The van der Waals surface area contributed by atoms with E-state index < -0.39 is 17.7 Å².